The molecule has 4 amide bonds. The molecule has 0 aliphatic rings. The minimum atomic E-state index is -1.48. The zero-order valence-corrected chi connectivity index (χ0v) is 20.1. The molecule has 14 nitrogen and oxygen atoms in total. The lowest BCUT2D eigenvalue weighted by Gasteiger charge is -2.27. The van der Waals surface area contributed by atoms with Crippen molar-refractivity contribution in [2.45, 2.75) is 83.0 Å². The Balaban J connectivity index is 5.42. The highest BCUT2D eigenvalue weighted by atomic mass is 16.4. The molecule has 0 aromatic heterocycles. The van der Waals surface area contributed by atoms with Gasteiger partial charge in [-0.25, -0.2) is 4.79 Å². The Hall–Kier alpha value is -3.26. The Morgan fingerprint density at radius 3 is 1.83 bits per heavy atom. The van der Waals surface area contributed by atoms with E-state index in [1.807, 2.05) is 0 Å². The fourth-order valence-corrected chi connectivity index (χ4v) is 3.05. The number of carbonyl (C=O) groups is 6. The molecule has 14 heteroatoms. The number of hydrogen-bond acceptors (Lipinski definition) is 8. The molecule has 0 spiro atoms. The standard InChI is InChI=1S/C21H38N6O8/c1-11(2)17(20(33)26-14(21(34)35)7-9-16(29)30)27-19(32)13(6-8-15(24)28)25-18(31)12(23)5-3-4-10-22/h11-14,17H,3-10,22-23H2,1-2H3,(H2,24,28)(H,25,31)(H,26,33)(H,27,32)(H,29,30)(H,34,35). The molecule has 0 saturated heterocycles. The summed E-state index contributed by atoms with van der Waals surface area (Å²) in [5.41, 5.74) is 16.4. The third-order valence-electron chi connectivity index (χ3n) is 5.13. The molecular formula is C21H38N6O8. The van der Waals surface area contributed by atoms with Gasteiger partial charge in [-0.1, -0.05) is 20.3 Å². The summed E-state index contributed by atoms with van der Waals surface area (Å²) < 4.78 is 0. The predicted molar refractivity (Wildman–Crippen MR) is 124 cm³/mol. The number of nitrogens with two attached hydrogens (primary N) is 3. The van der Waals surface area contributed by atoms with Crippen molar-refractivity contribution in [1.82, 2.24) is 16.0 Å². The summed E-state index contributed by atoms with van der Waals surface area (Å²) in [6.45, 7) is 3.64. The lowest BCUT2D eigenvalue weighted by atomic mass is 10.0. The Morgan fingerprint density at radius 2 is 1.34 bits per heavy atom. The molecule has 0 saturated carbocycles. The van der Waals surface area contributed by atoms with Crippen LogP contribution in [0.15, 0.2) is 0 Å². The van der Waals surface area contributed by atoms with Crippen molar-refractivity contribution in [3.8, 4) is 0 Å². The van der Waals surface area contributed by atoms with E-state index in [1.165, 1.54) is 0 Å². The second-order valence-corrected chi connectivity index (χ2v) is 8.52. The van der Waals surface area contributed by atoms with Crippen LogP contribution < -0.4 is 33.2 Å². The van der Waals surface area contributed by atoms with Gasteiger partial charge in [0.2, 0.25) is 23.6 Å². The zero-order chi connectivity index (χ0) is 27.1. The van der Waals surface area contributed by atoms with Crippen molar-refractivity contribution < 1.29 is 39.0 Å². The first kappa shape index (κ1) is 31.7. The van der Waals surface area contributed by atoms with E-state index in [9.17, 15) is 33.9 Å². The first-order valence-electron chi connectivity index (χ1n) is 11.4. The highest BCUT2D eigenvalue weighted by molar-refractivity contribution is 5.94. The van der Waals surface area contributed by atoms with Crippen molar-refractivity contribution in [2.24, 2.45) is 23.1 Å². The highest BCUT2D eigenvalue weighted by Crippen LogP contribution is 2.08. The predicted octanol–water partition coefficient (Wildman–Crippen LogP) is -2.23. The van der Waals surface area contributed by atoms with E-state index in [1.54, 1.807) is 13.8 Å². The van der Waals surface area contributed by atoms with Crippen LogP contribution in [-0.2, 0) is 28.8 Å². The van der Waals surface area contributed by atoms with E-state index in [-0.39, 0.29) is 19.3 Å². The number of aliphatic carboxylic acids is 2. The van der Waals surface area contributed by atoms with Crippen LogP contribution in [0.3, 0.4) is 0 Å². The van der Waals surface area contributed by atoms with E-state index in [2.05, 4.69) is 16.0 Å². The Bertz CT molecular complexity index is 760. The molecule has 4 atom stereocenters. The minimum Gasteiger partial charge on any atom is -0.481 e. The number of rotatable bonds is 18. The van der Waals surface area contributed by atoms with E-state index in [0.717, 1.165) is 0 Å². The minimum absolute atomic E-state index is 0.148. The van der Waals surface area contributed by atoms with Crippen LogP contribution >= 0.6 is 0 Å². The molecule has 0 aliphatic heterocycles. The molecule has 11 N–H and O–H groups in total. The smallest absolute Gasteiger partial charge is 0.326 e. The molecule has 0 rings (SSSR count). The van der Waals surface area contributed by atoms with Crippen LogP contribution in [0.25, 0.3) is 0 Å². The van der Waals surface area contributed by atoms with Gasteiger partial charge in [0.25, 0.3) is 0 Å². The molecule has 0 aliphatic carbocycles. The summed E-state index contributed by atoms with van der Waals surface area (Å²) in [5.74, 6) is -6.12. The van der Waals surface area contributed by atoms with Crippen molar-refractivity contribution >= 4 is 35.6 Å². The summed E-state index contributed by atoms with van der Waals surface area (Å²) in [7, 11) is 0. The fourth-order valence-electron chi connectivity index (χ4n) is 3.05. The molecule has 0 heterocycles. The molecule has 0 aromatic carbocycles. The van der Waals surface area contributed by atoms with Crippen LogP contribution in [0, 0.1) is 5.92 Å². The average molecular weight is 503 g/mol. The van der Waals surface area contributed by atoms with Gasteiger partial charge in [-0.2, -0.15) is 0 Å². The largest absolute Gasteiger partial charge is 0.481 e. The van der Waals surface area contributed by atoms with Gasteiger partial charge in [0.1, 0.15) is 18.1 Å². The van der Waals surface area contributed by atoms with Gasteiger partial charge < -0.3 is 43.4 Å². The van der Waals surface area contributed by atoms with Gasteiger partial charge in [0.05, 0.1) is 6.04 Å². The van der Waals surface area contributed by atoms with Gasteiger partial charge in [0, 0.05) is 12.8 Å². The maximum atomic E-state index is 12.9. The van der Waals surface area contributed by atoms with Crippen LogP contribution in [0.1, 0.15) is 58.8 Å². The lowest BCUT2D eigenvalue weighted by Crippen LogP contribution is -2.58. The van der Waals surface area contributed by atoms with Crippen LogP contribution in [0.5, 0.6) is 0 Å². The van der Waals surface area contributed by atoms with Gasteiger partial charge in [-0.3, -0.25) is 24.0 Å². The van der Waals surface area contributed by atoms with Crippen LogP contribution in [0.2, 0.25) is 0 Å². The van der Waals surface area contributed by atoms with Gasteiger partial charge >= 0.3 is 11.9 Å². The number of primary amides is 1. The normalized spacial score (nSPS) is 14.3. The quantitative estimate of drug-likeness (QED) is 0.0935. The third-order valence-corrected chi connectivity index (χ3v) is 5.13. The molecule has 4 unspecified atom stereocenters. The van der Waals surface area contributed by atoms with E-state index < -0.39 is 72.1 Å². The summed E-state index contributed by atoms with van der Waals surface area (Å²) >= 11 is 0. The van der Waals surface area contributed by atoms with Crippen LogP contribution in [0.4, 0.5) is 0 Å². The first-order chi connectivity index (χ1) is 16.3. The number of hydrogen-bond donors (Lipinski definition) is 8. The van der Waals surface area contributed by atoms with Gasteiger partial charge in [-0.15, -0.1) is 0 Å². The summed E-state index contributed by atoms with van der Waals surface area (Å²) in [4.78, 5) is 71.5. The highest BCUT2D eigenvalue weighted by Gasteiger charge is 2.32. The molecule has 200 valence electrons. The van der Waals surface area contributed by atoms with Gasteiger partial charge in [0.15, 0.2) is 0 Å². The summed E-state index contributed by atoms with van der Waals surface area (Å²) in [6.07, 6.45) is 0.391. The Morgan fingerprint density at radius 1 is 0.771 bits per heavy atom. The molecule has 35 heavy (non-hydrogen) atoms. The molecule has 0 radical (unpaired) electrons. The molecule has 0 bridgehead atoms. The summed E-state index contributed by atoms with van der Waals surface area (Å²) in [6, 6.07) is -4.83. The third kappa shape index (κ3) is 13.3. The van der Waals surface area contributed by atoms with E-state index in [4.69, 9.17) is 22.3 Å². The first-order valence-corrected chi connectivity index (χ1v) is 11.4. The number of carboxylic acid groups (broad SMARTS) is 2. The number of carbonyl (C=O) groups excluding carboxylic acids is 4. The van der Waals surface area contributed by atoms with Crippen molar-refractivity contribution in [1.29, 1.82) is 0 Å². The van der Waals surface area contributed by atoms with E-state index in [0.29, 0.717) is 25.8 Å². The topological polar surface area (TPSA) is 257 Å². The SMILES string of the molecule is CC(C)C(NC(=O)C(CCC(N)=O)NC(=O)C(N)CCCCN)C(=O)NC(CCC(=O)O)C(=O)O. The van der Waals surface area contributed by atoms with Crippen molar-refractivity contribution in [3.63, 3.8) is 0 Å². The Labute approximate surface area is 203 Å². The van der Waals surface area contributed by atoms with Crippen molar-refractivity contribution in [2.75, 3.05) is 6.54 Å². The number of nitrogens with one attached hydrogen (secondary N) is 3. The lowest BCUT2D eigenvalue weighted by molar-refractivity contribution is -0.143. The van der Waals surface area contributed by atoms with Crippen molar-refractivity contribution in [3.05, 3.63) is 0 Å². The average Bonchev–Trinajstić information content (AvgIpc) is 2.76. The monoisotopic (exact) mass is 502 g/mol. The van der Waals surface area contributed by atoms with Gasteiger partial charge in [-0.05, 0) is 38.1 Å². The number of unbranched alkanes of at least 4 members (excludes halogenated alkanes) is 1. The second kappa shape index (κ2) is 16.4. The van der Waals surface area contributed by atoms with Crippen LogP contribution in [-0.4, -0.2) is 76.5 Å². The zero-order valence-electron chi connectivity index (χ0n) is 20.1. The Kier molecular flexibility index (Phi) is 14.9. The van der Waals surface area contributed by atoms with E-state index >= 15 is 0 Å². The molecule has 0 aromatic rings. The number of amides is 4. The maximum absolute atomic E-state index is 12.9. The fraction of sp³-hybridized carbons (Fsp3) is 0.714. The maximum Gasteiger partial charge on any atom is 0.326 e. The molecular weight excluding hydrogens is 464 g/mol. The second-order valence-electron chi connectivity index (χ2n) is 8.52. The molecule has 0 fully saturated rings. The number of carboxylic acids is 2. The summed E-state index contributed by atoms with van der Waals surface area (Å²) in [5, 5.41) is 25.2.